The van der Waals surface area contributed by atoms with Crippen LogP contribution in [0.2, 0.25) is 0 Å². The first-order chi connectivity index (χ1) is 8.13. The fourth-order valence-electron chi connectivity index (χ4n) is 1.46. The van der Waals surface area contributed by atoms with Crippen molar-refractivity contribution in [1.29, 1.82) is 0 Å². The lowest BCUT2D eigenvalue weighted by atomic mass is 10.3. The van der Waals surface area contributed by atoms with Gasteiger partial charge in [0.25, 0.3) is 0 Å². The molecule has 0 saturated carbocycles. The second-order valence-corrected chi connectivity index (χ2v) is 5.27. The number of aryl methyl sites for hydroxylation is 1. The molecule has 0 amide bonds. The minimum Gasteiger partial charge on any atom is -0.465 e. The highest BCUT2D eigenvalue weighted by molar-refractivity contribution is 7.10. The average Bonchev–Trinajstić information content (AvgIpc) is 2.64. The Kier molecular flexibility index (Phi) is 6.22. The molecule has 4 heteroatoms. The van der Waals surface area contributed by atoms with Crippen molar-refractivity contribution in [2.24, 2.45) is 0 Å². The molecule has 1 rings (SSSR count). The zero-order valence-electron chi connectivity index (χ0n) is 10.9. The van der Waals surface area contributed by atoms with Crippen molar-refractivity contribution in [3.8, 4) is 0 Å². The van der Waals surface area contributed by atoms with Crippen molar-refractivity contribution in [3.63, 3.8) is 0 Å². The number of hydrogen-bond acceptors (Lipinski definition) is 4. The number of ether oxygens (including phenoxy) is 1. The van der Waals surface area contributed by atoms with Crippen LogP contribution in [-0.4, -0.2) is 31.1 Å². The molecular formula is C13H21NO2S. The number of nitrogens with zero attached hydrogens (tertiary/aromatic N) is 1. The molecule has 0 saturated heterocycles. The molecule has 1 aromatic rings. The first kappa shape index (κ1) is 14.2. The van der Waals surface area contributed by atoms with Crippen molar-refractivity contribution in [3.05, 3.63) is 21.9 Å². The second-order valence-electron chi connectivity index (χ2n) is 4.27. The van der Waals surface area contributed by atoms with Crippen LogP contribution in [0.25, 0.3) is 0 Å². The highest BCUT2D eigenvalue weighted by Crippen LogP contribution is 2.16. The number of esters is 1. The van der Waals surface area contributed by atoms with E-state index in [-0.39, 0.29) is 5.97 Å². The Morgan fingerprint density at radius 2 is 2.29 bits per heavy atom. The van der Waals surface area contributed by atoms with Gasteiger partial charge in [0.2, 0.25) is 0 Å². The minimum absolute atomic E-state index is 0.129. The Balaban J connectivity index is 2.27. The highest BCUT2D eigenvalue weighted by Gasteiger charge is 2.09. The summed E-state index contributed by atoms with van der Waals surface area (Å²) >= 11 is 1.73. The predicted molar refractivity (Wildman–Crippen MR) is 71.3 cm³/mol. The number of likely N-dealkylation sites (N-methyl/N-ethyl adjacent to an activating group) is 1. The SMILES string of the molecule is CCCCOC(=O)CN(C)Cc1sccc1C. The Hall–Kier alpha value is -0.870. The van der Waals surface area contributed by atoms with E-state index < -0.39 is 0 Å². The third kappa shape index (κ3) is 5.33. The van der Waals surface area contributed by atoms with E-state index in [1.54, 1.807) is 11.3 Å². The molecule has 0 atom stereocenters. The van der Waals surface area contributed by atoms with Crippen LogP contribution in [0.5, 0.6) is 0 Å². The maximum Gasteiger partial charge on any atom is 0.320 e. The van der Waals surface area contributed by atoms with Gasteiger partial charge in [-0.05, 0) is 37.4 Å². The Bertz CT molecular complexity index is 349. The summed E-state index contributed by atoms with van der Waals surface area (Å²) in [4.78, 5) is 14.8. The number of hydrogen-bond donors (Lipinski definition) is 0. The van der Waals surface area contributed by atoms with Crippen LogP contribution in [0.4, 0.5) is 0 Å². The highest BCUT2D eigenvalue weighted by atomic mass is 32.1. The van der Waals surface area contributed by atoms with E-state index in [1.807, 2.05) is 11.9 Å². The lowest BCUT2D eigenvalue weighted by Crippen LogP contribution is -2.27. The molecule has 0 spiro atoms. The summed E-state index contributed by atoms with van der Waals surface area (Å²) in [5.41, 5.74) is 1.29. The third-order valence-electron chi connectivity index (χ3n) is 2.54. The Labute approximate surface area is 107 Å². The molecule has 0 bridgehead atoms. The van der Waals surface area contributed by atoms with E-state index in [1.165, 1.54) is 10.4 Å². The number of unbranched alkanes of at least 4 members (excludes halogenated alkanes) is 1. The molecule has 17 heavy (non-hydrogen) atoms. The van der Waals surface area contributed by atoms with Gasteiger partial charge in [-0.1, -0.05) is 13.3 Å². The lowest BCUT2D eigenvalue weighted by Gasteiger charge is -2.15. The van der Waals surface area contributed by atoms with Crippen molar-refractivity contribution in [2.45, 2.75) is 33.2 Å². The van der Waals surface area contributed by atoms with Crippen molar-refractivity contribution in [1.82, 2.24) is 4.90 Å². The summed E-state index contributed by atoms with van der Waals surface area (Å²) in [6.07, 6.45) is 2.00. The zero-order valence-corrected chi connectivity index (χ0v) is 11.7. The van der Waals surface area contributed by atoms with Crippen LogP contribution < -0.4 is 0 Å². The van der Waals surface area contributed by atoms with Gasteiger partial charge in [-0.25, -0.2) is 0 Å². The summed E-state index contributed by atoms with van der Waals surface area (Å²) < 4.78 is 5.13. The number of rotatable bonds is 7. The van der Waals surface area contributed by atoms with Gasteiger partial charge < -0.3 is 4.74 Å². The smallest absolute Gasteiger partial charge is 0.320 e. The van der Waals surface area contributed by atoms with Crippen LogP contribution in [0.1, 0.15) is 30.2 Å². The third-order valence-corrected chi connectivity index (χ3v) is 3.55. The molecule has 1 aromatic heterocycles. The summed E-state index contributed by atoms with van der Waals surface area (Å²) in [5.74, 6) is -0.129. The topological polar surface area (TPSA) is 29.5 Å². The molecule has 0 aromatic carbocycles. The van der Waals surface area contributed by atoms with Crippen molar-refractivity contribution in [2.75, 3.05) is 20.2 Å². The molecule has 0 aliphatic carbocycles. The van der Waals surface area contributed by atoms with Gasteiger partial charge >= 0.3 is 5.97 Å². The molecule has 3 nitrogen and oxygen atoms in total. The van der Waals surface area contributed by atoms with Gasteiger partial charge in [0, 0.05) is 11.4 Å². The normalized spacial score (nSPS) is 10.8. The minimum atomic E-state index is -0.129. The first-order valence-electron chi connectivity index (χ1n) is 6.00. The maximum absolute atomic E-state index is 11.5. The molecular weight excluding hydrogens is 234 g/mol. The van der Waals surface area contributed by atoms with Gasteiger partial charge in [-0.3, -0.25) is 9.69 Å². The molecule has 0 fully saturated rings. The van der Waals surface area contributed by atoms with E-state index in [9.17, 15) is 4.79 Å². The fourth-order valence-corrected chi connectivity index (χ4v) is 2.45. The van der Waals surface area contributed by atoms with Crippen LogP contribution in [0.15, 0.2) is 11.4 Å². The summed E-state index contributed by atoms with van der Waals surface area (Å²) in [7, 11) is 1.94. The number of thiophene rings is 1. The van der Waals surface area contributed by atoms with Crippen LogP contribution in [0.3, 0.4) is 0 Å². The van der Waals surface area contributed by atoms with E-state index in [2.05, 4.69) is 25.3 Å². The van der Waals surface area contributed by atoms with Crippen LogP contribution >= 0.6 is 11.3 Å². The van der Waals surface area contributed by atoms with Gasteiger partial charge in [0.05, 0.1) is 13.2 Å². The molecule has 0 aliphatic rings. The zero-order chi connectivity index (χ0) is 12.7. The Morgan fingerprint density at radius 3 is 2.88 bits per heavy atom. The van der Waals surface area contributed by atoms with E-state index in [4.69, 9.17) is 4.74 Å². The quantitative estimate of drug-likeness (QED) is 0.554. The Morgan fingerprint density at radius 1 is 1.53 bits per heavy atom. The van der Waals surface area contributed by atoms with Gasteiger partial charge in [-0.15, -0.1) is 11.3 Å². The lowest BCUT2D eigenvalue weighted by molar-refractivity contribution is -0.144. The van der Waals surface area contributed by atoms with Crippen LogP contribution in [0, 0.1) is 6.92 Å². The van der Waals surface area contributed by atoms with Crippen LogP contribution in [-0.2, 0) is 16.1 Å². The first-order valence-corrected chi connectivity index (χ1v) is 6.88. The molecule has 0 radical (unpaired) electrons. The van der Waals surface area contributed by atoms with E-state index in [0.29, 0.717) is 13.2 Å². The van der Waals surface area contributed by atoms with Gasteiger partial charge in [0.1, 0.15) is 0 Å². The fraction of sp³-hybridized carbons (Fsp3) is 0.615. The van der Waals surface area contributed by atoms with Crippen molar-refractivity contribution < 1.29 is 9.53 Å². The summed E-state index contributed by atoms with van der Waals surface area (Å²) in [6, 6.07) is 2.10. The van der Waals surface area contributed by atoms with Gasteiger partial charge in [0.15, 0.2) is 0 Å². The molecule has 1 heterocycles. The van der Waals surface area contributed by atoms with Crippen molar-refractivity contribution >= 4 is 17.3 Å². The monoisotopic (exact) mass is 255 g/mol. The molecule has 0 aliphatic heterocycles. The second kappa shape index (κ2) is 7.45. The average molecular weight is 255 g/mol. The van der Waals surface area contributed by atoms with Gasteiger partial charge in [-0.2, -0.15) is 0 Å². The largest absolute Gasteiger partial charge is 0.465 e. The van der Waals surface area contributed by atoms with E-state index >= 15 is 0 Å². The number of carbonyl (C=O) groups excluding carboxylic acids is 1. The summed E-state index contributed by atoms with van der Waals surface area (Å²) in [6.45, 7) is 5.90. The molecule has 0 unspecified atom stereocenters. The molecule has 96 valence electrons. The number of carbonyl (C=O) groups is 1. The molecule has 0 N–H and O–H groups in total. The summed E-state index contributed by atoms with van der Waals surface area (Å²) in [5, 5.41) is 2.08. The standard InChI is InChI=1S/C13H21NO2S/c1-4-5-7-16-13(15)10-14(3)9-12-11(2)6-8-17-12/h6,8H,4-5,7,9-10H2,1-3H3. The van der Waals surface area contributed by atoms with E-state index in [0.717, 1.165) is 19.4 Å². The predicted octanol–water partition coefficient (Wildman–Crippen LogP) is 2.83. The maximum atomic E-state index is 11.5.